The van der Waals surface area contributed by atoms with Crippen LogP contribution in [0, 0.1) is 0 Å². The van der Waals surface area contributed by atoms with Gasteiger partial charge in [-0.2, -0.15) is 5.10 Å². The third kappa shape index (κ3) is 3.60. The lowest BCUT2D eigenvalue weighted by molar-refractivity contribution is -0.115. The van der Waals surface area contributed by atoms with E-state index in [0.717, 1.165) is 29.8 Å². The number of carbonyl (C=O) groups excluding carboxylic acids is 1. The van der Waals surface area contributed by atoms with Crippen LogP contribution in [0.4, 0.5) is 5.69 Å². The molecule has 4 nitrogen and oxygen atoms in total. The summed E-state index contributed by atoms with van der Waals surface area (Å²) in [5.74, 6) is 0.0601. The molecule has 0 aliphatic heterocycles. The number of hydrogen-bond donors (Lipinski definition) is 2. The van der Waals surface area contributed by atoms with Gasteiger partial charge in [-0.15, -0.1) is 0 Å². The zero-order valence-electron chi connectivity index (χ0n) is 11.9. The van der Waals surface area contributed by atoms with Crippen LogP contribution in [-0.4, -0.2) is 16.1 Å². The second kappa shape index (κ2) is 6.39. The van der Waals surface area contributed by atoms with E-state index in [2.05, 4.69) is 21.6 Å². The number of aromatic nitrogens is 2. The Labute approximate surface area is 124 Å². The monoisotopic (exact) mass is 281 g/mol. The molecule has 2 N–H and O–H groups in total. The van der Waals surface area contributed by atoms with Crippen LogP contribution in [0.2, 0.25) is 0 Å². The van der Waals surface area contributed by atoms with Gasteiger partial charge >= 0.3 is 0 Å². The standard InChI is InChI=1S/C17H19N3O/c21-17(11-13-5-2-1-3-6-13)19-15-8-4-7-14(12-15)16-9-10-18-20-16/h4-5,7-10,12H,1-3,6,11H2,(H,18,20)(H,19,21). The number of allylic oxidation sites excluding steroid dienone is 1. The summed E-state index contributed by atoms with van der Waals surface area (Å²) in [6.45, 7) is 0. The molecule has 0 fully saturated rings. The van der Waals surface area contributed by atoms with Crippen molar-refractivity contribution in [1.29, 1.82) is 0 Å². The first-order valence-corrected chi connectivity index (χ1v) is 7.39. The van der Waals surface area contributed by atoms with E-state index in [4.69, 9.17) is 0 Å². The van der Waals surface area contributed by atoms with Crippen molar-refractivity contribution in [3.63, 3.8) is 0 Å². The average molecular weight is 281 g/mol. The molecular formula is C17H19N3O. The zero-order valence-corrected chi connectivity index (χ0v) is 11.9. The van der Waals surface area contributed by atoms with Crippen molar-refractivity contribution in [3.8, 4) is 11.3 Å². The van der Waals surface area contributed by atoms with E-state index in [9.17, 15) is 4.79 Å². The minimum atomic E-state index is 0.0601. The molecule has 108 valence electrons. The Morgan fingerprint density at radius 1 is 1.29 bits per heavy atom. The van der Waals surface area contributed by atoms with Gasteiger partial charge in [-0.25, -0.2) is 0 Å². The summed E-state index contributed by atoms with van der Waals surface area (Å²) in [5, 5.41) is 9.85. The molecule has 0 unspecified atom stereocenters. The third-order valence-electron chi connectivity index (χ3n) is 3.73. The van der Waals surface area contributed by atoms with Gasteiger partial charge in [0, 0.05) is 23.9 Å². The van der Waals surface area contributed by atoms with Crippen LogP contribution >= 0.6 is 0 Å². The minimum Gasteiger partial charge on any atom is -0.326 e. The fraction of sp³-hybridized carbons (Fsp3) is 0.294. The summed E-state index contributed by atoms with van der Waals surface area (Å²) >= 11 is 0. The Kier molecular flexibility index (Phi) is 4.15. The van der Waals surface area contributed by atoms with Crippen LogP contribution in [-0.2, 0) is 4.79 Å². The molecular weight excluding hydrogens is 262 g/mol. The van der Waals surface area contributed by atoms with Crippen molar-refractivity contribution in [1.82, 2.24) is 10.2 Å². The van der Waals surface area contributed by atoms with E-state index in [1.165, 1.54) is 18.4 Å². The SMILES string of the molecule is O=C(CC1=CCCCC1)Nc1cccc(-c2ccn[nH]2)c1. The second-order valence-electron chi connectivity index (χ2n) is 5.38. The van der Waals surface area contributed by atoms with Gasteiger partial charge in [0.2, 0.25) is 5.91 Å². The van der Waals surface area contributed by atoms with Crippen molar-refractivity contribution >= 4 is 11.6 Å². The first kappa shape index (κ1) is 13.6. The first-order valence-electron chi connectivity index (χ1n) is 7.39. The Morgan fingerprint density at radius 3 is 3.00 bits per heavy atom. The molecule has 0 radical (unpaired) electrons. The highest BCUT2D eigenvalue weighted by atomic mass is 16.1. The van der Waals surface area contributed by atoms with Crippen LogP contribution < -0.4 is 5.32 Å². The Bertz CT molecular complexity index is 644. The number of rotatable bonds is 4. The fourth-order valence-electron chi connectivity index (χ4n) is 2.66. The van der Waals surface area contributed by atoms with E-state index >= 15 is 0 Å². The number of anilines is 1. The molecule has 2 aromatic rings. The van der Waals surface area contributed by atoms with Gasteiger partial charge in [0.15, 0.2) is 0 Å². The molecule has 1 amide bonds. The number of carbonyl (C=O) groups is 1. The molecule has 3 rings (SSSR count). The number of amides is 1. The summed E-state index contributed by atoms with van der Waals surface area (Å²) in [4.78, 5) is 12.1. The summed E-state index contributed by atoms with van der Waals surface area (Å²) in [5.41, 5.74) is 4.05. The molecule has 0 bridgehead atoms. The number of nitrogens with one attached hydrogen (secondary N) is 2. The number of benzene rings is 1. The molecule has 21 heavy (non-hydrogen) atoms. The van der Waals surface area contributed by atoms with Crippen molar-refractivity contribution in [2.45, 2.75) is 32.1 Å². The Balaban J connectivity index is 1.66. The van der Waals surface area contributed by atoms with Crippen LogP contribution in [0.25, 0.3) is 11.3 Å². The topological polar surface area (TPSA) is 57.8 Å². The summed E-state index contributed by atoms with van der Waals surface area (Å²) < 4.78 is 0. The van der Waals surface area contributed by atoms with E-state index in [-0.39, 0.29) is 5.91 Å². The minimum absolute atomic E-state index is 0.0601. The largest absolute Gasteiger partial charge is 0.326 e. The molecule has 0 atom stereocenters. The van der Waals surface area contributed by atoms with E-state index in [1.807, 2.05) is 30.3 Å². The highest BCUT2D eigenvalue weighted by Gasteiger charge is 2.09. The third-order valence-corrected chi connectivity index (χ3v) is 3.73. The number of H-pyrrole nitrogens is 1. The quantitative estimate of drug-likeness (QED) is 0.835. The van der Waals surface area contributed by atoms with Crippen molar-refractivity contribution in [2.24, 2.45) is 0 Å². The van der Waals surface area contributed by atoms with Crippen LogP contribution in [0.1, 0.15) is 32.1 Å². The fourth-order valence-corrected chi connectivity index (χ4v) is 2.66. The lowest BCUT2D eigenvalue weighted by Gasteiger charge is -2.12. The molecule has 1 aliphatic carbocycles. The summed E-state index contributed by atoms with van der Waals surface area (Å²) in [7, 11) is 0. The van der Waals surface area contributed by atoms with Crippen molar-refractivity contribution < 1.29 is 4.79 Å². The molecule has 1 aliphatic rings. The van der Waals surface area contributed by atoms with Crippen molar-refractivity contribution in [2.75, 3.05) is 5.32 Å². The lowest BCUT2D eigenvalue weighted by atomic mass is 9.97. The average Bonchev–Trinajstić information content (AvgIpc) is 3.02. The highest BCUT2D eigenvalue weighted by Crippen LogP contribution is 2.22. The predicted molar refractivity (Wildman–Crippen MR) is 83.8 cm³/mol. The molecule has 0 saturated heterocycles. The maximum absolute atomic E-state index is 12.1. The Hall–Kier alpha value is -2.36. The van der Waals surface area contributed by atoms with Crippen molar-refractivity contribution in [3.05, 3.63) is 48.2 Å². The molecule has 1 heterocycles. The number of aromatic amines is 1. The van der Waals surface area contributed by atoms with E-state index in [0.29, 0.717) is 6.42 Å². The van der Waals surface area contributed by atoms with Gasteiger partial charge in [0.1, 0.15) is 0 Å². The zero-order chi connectivity index (χ0) is 14.5. The van der Waals surface area contributed by atoms with Gasteiger partial charge in [0.05, 0.1) is 5.69 Å². The predicted octanol–water partition coefficient (Wildman–Crippen LogP) is 3.91. The van der Waals surface area contributed by atoms with Crippen LogP contribution in [0.15, 0.2) is 48.2 Å². The molecule has 0 saturated carbocycles. The highest BCUT2D eigenvalue weighted by molar-refractivity contribution is 5.92. The van der Waals surface area contributed by atoms with Gasteiger partial charge in [-0.3, -0.25) is 9.89 Å². The molecule has 1 aromatic heterocycles. The van der Waals surface area contributed by atoms with Crippen LogP contribution in [0.5, 0.6) is 0 Å². The van der Waals surface area contributed by atoms with Gasteiger partial charge in [-0.1, -0.05) is 23.8 Å². The van der Waals surface area contributed by atoms with Gasteiger partial charge in [-0.05, 0) is 43.9 Å². The van der Waals surface area contributed by atoms with E-state index in [1.54, 1.807) is 6.20 Å². The molecule has 0 spiro atoms. The lowest BCUT2D eigenvalue weighted by Crippen LogP contribution is -2.13. The van der Waals surface area contributed by atoms with E-state index < -0.39 is 0 Å². The Morgan fingerprint density at radius 2 is 2.24 bits per heavy atom. The number of nitrogens with zero attached hydrogens (tertiary/aromatic N) is 1. The maximum Gasteiger partial charge on any atom is 0.228 e. The maximum atomic E-state index is 12.1. The molecule has 4 heteroatoms. The smallest absolute Gasteiger partial charge is 0.228 e. The number of hydrogen-bond acceptors (Lipinski definition) is 2. The van der Waals surface area contributed by atoms with Gasteiger partial charge < -0.3 is 5.32 Å². The normalized spacial score (nSPS) is 14.6. The summed E-state index contributed by atoms with van der Waals surface area (Å²) in [6, 6.07) is 9.71. The van der Waals surface area contributed by atoms with Crippen LogP contribution in [0.3, 0.4) is 0 Å². The second-order valence-corrected chi connectivity index (χ2v) is 5.38. The first-order chi connectivity index (χ1) is 10.3. The summed E-state index contributed by atoms with van der Waals surface area (Å²) in [6.07, 6.45) is 9.06. The molecule has 1 aromatic carbocycles. The van der Waals surface area contributed by atoms with Gasteiger partial charge in [0.25, 0.3) is 0 Å².